The van der Waals surface area contributed by atoms with Crippen LogP contribution in [0.1, 0.15) is 12.6 Å². The van der Waals surface area contributed by atoms with Crippen molar-refractivity contribution in [3.8, 4) is 0 Å². The van der Waals surface area contributed by atoms with Crippen molar-refractivity contribution < 1.29 is 13.6 Å². The highest BCUT2D eigenvalue weighted by Crippen LogP contribution is 2.24. The minimum absolute atomic E-state index is 0.246. The summed E-state index contributed by atoms with van der Waals surface area (Å²) in [5.74, 6) is -0.246. The van der Waals surface area contributed by atoms with Crippen LogP contribution in [0.2, 0.25) is 0 Å². The van der Waals surface area contributed by atoms with Gasteiger partial charge in [-0.1, -0.05) is 11.3 Å². The largest absolute Gasteiger partial charge is 0.302 e. The van der Waals surface area contributed by atoms with E-state index in [9.17, 15) is 9.00 Å². The van der Waals surface area contributed by atoms with Gasteiger partial charge >= 0.3 is 0 Å². The molecular weight excluding hydrogens is 212 g/mol. The molecule has 0 aliphatic heterocycles. The predicted octanol–water partition coefficient (Wildman–Crippen LogP) is 0.991. The lowest BCUT2D eigenvalue weighted by atomic mass is 10.6. The Balaban J connectivity index is 2.95. The fraction of sp³-hybridized carbons (Fsp3) is 0.333. The van der Waals surface area contributed by atoms with E-state index >= 15 is 0 Å². The molecule has 0 spiro atoms. The first-order valence-corrected chi connectivity index (χ1v) is 5.29. The Hall–Kier alpha value is -0.790. The first-order chi connectivity index (χ1) is 6.00. The van der Waals surface area contributed by atoms with Gasteiger partial charge in [-0.3, -0.25) is 4.79 Å². The molecule has 0 saturated carbocycles. The summed E-state index contributed by atoms with van der Waals surface area (Å²) in [6.07, 6.45) is 0. The lowest BCUT2D eigenvalue weighted by Crippen LogP contribution is -2.04. The number of hydrogen-bond acceptors (Lipinski definition) is 4. The van der Waals surface area contributed by atoms with Crippen molar-refractivity contribution in [3.63, 3.8) is 0 Å². The van der Waals surface area contributed by atoms with Gasteiger partial charge in [0.15, 0.2) is 16.2 Å². The minimum atomic E-state index is -2.03. The van der Waals surface area contributed by atoms with Crippen LogP contribution in [0, 0.1) is 6.92 Å². The van der Waals surface area contributed by atoms with Crippen LogP contribution in [-0.2, 0) is 15.9 Å². The van der Waals surface area contributed by atoms with Gasteiger partial charge in [-0.15, -0.1) is 0 Å². The zero-order chi connectivity index (χ0) is 10.0. The number of thiazole rings is 1. The van der Waals surface area contributed by atoms with Gasteiger partial charge in [0.1, 0.15) is 4.21 Å². The number of aryl methyl sites for hydroxylation is 1. The fourth-order valence-electron chi connectivity index (χ4n) is 0.748. The number of carbonyl (C=O) groups is 1. The smallest absolute Gasteiger partial charge is 0.223 e. The normalized spacial score (nSPS) is 12.5. The van der Waals surface area contributed by atoms with Crippen molar-refractivity contribution in [2.45, 2.75) is 18.1 Å². The molecule has 0 aliphatic rings. The highest BCUT2D eigenvalue weighted by molar-refractivity contribution is 7.82. The lowest BCUT2D eigenvalue weighted by molar-refractivity contribution is -0.114. The number of aromatic nitrogens is 1. The summed E-state index contributed by atoms with van der Waals surface area (Å²) in [6.45, 7) is 2.97. The molecule has 0 aromatic carbocycles. The average molecular weight is 220 g/mol. The highest BCUT2D eigenvalue weighted by Gasteiger charge is 2.12. The van der Waals surface area contributed by atoms with E-state index in [4.69, 9.17) is 4.55 Å². The quantitative estimate of drug-likeness (QED) is 0.728. The molecule has 0 aliphatic carbocycles. The van der Waals surface area contributed by atoms with Crippen LogP contribution in [0.4, 0.5) is 5.13 Å². The molecule has 1 amide bonds. The van der Waals surface area contributed by atoms with Crippen LogP contribution >= 0.6 is 11.3 Å². The van der Waals surface area contributed by atoms with Crippen LogP contribution in [0.3, 0.4) is 0 Å². The molecule has 0 fully saturated rings. The third-order valence-electron chi connectivity index (χ3n) is 1.20. The van der Waals surface area contributed by atoms with E-state index in [1.54, 1.807) is 6.92 Å². The Bertz CT molecular complexity index is 361. The van der Waals surface area contributed by atoms with Crippen molar-refractivity contribution in [1.29, 1.82) is 0 Å². The van der Waals surface area contributed by atoms with Crippen LogP contribution in [0.5, 0.6) is 0 Å². The van der Waals surface area contributed by atoms with Gasteiger partial charge in [-0.2, -0.15) is 0 Å². The van der Waals surface area contributed by atoms with Crippen LogP contribution < -0.4 is 5.32 Å². The molecular formula is C6H8N2O3S2. The number of anilines is 1. The maximum Gasteiger partial charge on any atom is 0.223 e. The van der Waals surface area contributed by atoms with Gasteiger partial charge in [0.05, 0.1) is 5.69 Å². The van der Waals surface area contributed by atoms with Crippen LogP contribution in [0.25, 0.3) is 0 Å². The highest BCUT2D eigenvalue weighted by atomic mass is 32.2. The monoisotopic (exact) mass is 220 g/mol. The topological polar surface area (TPSA) is 79.3 Å². The van der Waals surface area contributed by atoms with Crippen molar-refractivity contribution in [2.24, 2.45) is 0 Å². The molecule has 1 aromatic heterocycles. The van der Waals surface area contributed by atoms with E-state index in [2.05, 4.69) is 10.3 Å². The summed E-state index contributed by atoms with van der Waals surface area (Å²) < 4.78 is 19.7. The molecule has 5 nitrogen and oxygen atoms in total. The lowest BCUT2D eigenvalue weighted by Gasteiger charge is -1.91. The molecule has 0 radical (unpaired) electrons. The molecule has 7 heteroatoms. The maximum atomic E-state index is 10.7. The van der Waals surface area contributed by atoms with Crippen molar-refractivity contribution >= 4 is 33.5 Å². The third-order valence-corrected chi connectivity index (χ3v) is 3.35. The molecule has 2 N–H and O–H groups in total. The Kier molecular flexibility index (Phi) is 3.12. The number of nitrogens with zero attached hydrogens (tertiary/aromatic N) is 1. The van der Waals surface area contributed by atoms with Crippen LogP contribution in [-0.4, -0.2) is 19.7 Å². The first-order valence-electron chi connectivity index (χ1n) is 3.36. The number of nitrogens with one attached hydrogen (secondary N) is 1. The zero-order valence-corrected chi connectivity index (χ0v) is 8.66. The second kappa shape index (κ2) is 3.95. The Morgan fingerprint density at radius 3 is 2.69 bits per heavy atom. The predicted molar refractivity (Wildman–Crippen MR) is 50.2 cm³/mol. The summed E-state index contributed by atoms with van der Waals surface area (Å²) in [5.41, 5.74) is 0.467. The second-order valence-corrected chi connectivity index (χ2v) is 4.49. The van der Waals surface area contributed by atoms with Gasteiger partial charge < -0.3 is 9.87 Å². The molecule has 1 atom stereocenters. The molecule has 72 valence electrons. The van der Waals surface area contributed by atoms with Crippen molar-refractivity contribution in [2.75, 3.05) is 5.32 Å². The standard InChI is InChI=1S/C6H8N2O3S2/c1-3-5(13(10)11)12-6(7-3)8-4(2)9/h1-2H3,(H,10,11)(H,7,8,9). The SMILES string of the molecule is CC(=O)Nc1nc(C)c(S(=O)O)s1. The van der Waals surface area contributed by atoms with E-state index in [0.29, 0.717) is 10.8 Å². The van der Waals surface area contributed by atoms with Gasteiger partial charge in [-0.05, 0) is 6.92 Å². The summed E-state index contributed by atoms with van der Waals surface area (Å²) in [4.78, 5) is 14.5. The van der Waals surface area contributed by atoms with Gasteiger partial charge in [0.25, 0.3) is 0 Å². The van der Waals surface area contributed by atoms with E-state index in [-0.39, 0.29) is 10.1 Å². The third kappa shape index (κ3) is 2.58. The Morgan fingerprint density at radius 2 is 2.31 bits per heavy atom. The van der Waals surface area contributed by atoms with Crippen molar-refractivity contribution in [3.05, 3.63) is 5.69 Å². The number of rotatable bonds is 2. The van der Waals surface area contributed by atoms with E-state index in [1.807, 2.05) is 0 Å². The molecule has 1 aromatic rings. The van der Waals surface area contributed by atoms with E-state index in [0.717, 1.165) is 11.3 Å². The molecule has 0 bridgehead atoms. The maximum absolute atomic E-state index is 10.7. The Labute approximate surface area is 81.5 Å². The first kappa shape index (κ1) is 10.3. The van der Waals surface area contributed by atoms with Gasteiger partial charge in [0.2, 0.25) is 5.91 Å². The fourth-order valence-corrected chi connectivity index (χ4v) is 2.32. The zero-order valence-electron chi connectivity index (χ0n) is 7.03. The van der Waals surface area contributed by atoms with E-state index < -0.39 is 11.1 Å². The summed E-state index contributed by atoms with van der Waals surface area (Å²) in [5, 5.41) is 2.79. The Morgan fingerprint density at radius 1 is 1.69 bits per heavy atom. The van der Waals surface area contributed by atoms with Crippen molar-refractivity contribution in [1.82, 2.24) is 4.98 Å². The van der Waals surface area contributed by atoms with Gasteiger partial charge in [-0.25, -0.2) is 9.19 Å². The second-order valence-electron chi connectivity index (χ2n) is 2.32. The summed E-state index contributed by atoms with van der Waals surface area (Å²) in [6, 6.07) is 0. The number of hydrogen-bond donors (Lipinski definition) is 2. The molecule has 0 saturated heterocycles. The average Bonchev–Trinajstić information content (AvgIpc) is 2.29. The van der Waals surface area contributed by atoms with E-state index in [1.165, 1.54) is 6.92 Å². The van der Waals surface area contributed by atoms with Gasteiger partial charge in [0, 0.05) is 6.92 Å². The molecule has 1 heterocycles. The molecule has 1 unspecified atom stereocenters. The number of amides is 1. The number of carbonyl (C=O) groups excluding carboxylic acids is 1. The minimum Gasteiger partial charge on any atom is -0.302 e. The molecule has 13 heavy (non-hydrogen) atoms. The summed E-state index contributed by atoms with van der Waals surface area (Å²) >= 11 is -1.03. The van der Waals surface area contributed by atoms with Crippen LogP contribution in [0.15, 0.2) is 4.21 Å². The molecule has 1 rings (SSSR count). The summed E-state index contributed by atoms with van der Waals surface area (Å²) in [7, 11) is 0.